The quantitative estimate of drug-likeness (QED) is 0.772. The lowest BCUT2D eigenvalue weighted by atomic mass is 10.7. The first-order valence-electron chi connectivity index (χ1n) is 2.89. The number of sulfone groups is 1. The highest BCUT2D eigenvalue weighted by molar-refractivity contribution is 9.10. The molecular formula is C5H6BrN3O2S. The fraction of sp³-hybridized carbons (Fsp3) is 0.200. The van der Waals surface area contributed by atoms with E-state index in [0.29, 0.717) is 4.60 Å². The minimum Gasteiger partial charge on any atom is -0.381 e. The zero-order valence-electron chi connectivity index (χ0n) is 6.15. The van der Waals surface area contributed by atoms with Crippen LogP contribution in [-0.4, -0.2) is 24.6 Å². The summed E-state index contributed by atoms with van der Waals surface area (Å²) >= 11 is 3.00. The molecule has 0 atom stereocenters. The van der Waals surface area contributed by atoms with E-state index in [2.05, 4.69) is 25.9 Å². The fourth-order valence-electron chi connectivity index (χ4n) is 0.634. The number of nitrogens with two attached hydrogens (primary N) is 1. The van der Waals surface area contributed by atoms with Crippen molar-refractivity contribution < 1.29 is 8.42 Å². The second-order valence-corrected chi connectivity index (χ2v) is 4.90. The van der Waals surface area contributed by atoms with Gasteiger partial charge in [-0.1, -0.05) is 0 Å². The predicted molar refractivity (Wildman–Crippen MR) is 47.3 cm³/mol. The highest BCUT2D eigenvalue weighted by Gasteiger charge is 2.14. The minimum atomic E-state index is -3.38. The third-order valence-corrected chi connectivity index (χ3v) is 2.47. The van der Waals surface area contributed by atoms with Crippen molar-refractivity contribution in [2.45, 2.75) is 5.03 Å². The van der Waals surface area contributed by atoms with Crippen LogP contribution in [0.3, 0.4) is 0 Å². The van der Waals surface area contributed by atoms with Crippen LogP contribution in [0.1, 0.15) is 0 Å². The summed E-state index contributed by atoms with van der Waals surface area (Å²) in [5.41, 5.74) is 5.30. The standard InChI is InChI=1S/C5H6BrN3O2S/c1-12(10,11)5-4(7)8-2-3(6)9-5/h2H,1H3,(H2,7,8). The Balaban J connectivity index is 3.43. The molecule has 1 heterocycles. The molecule has 0 amide bonds. The van der Waals surface area contributed by atoms with Gasteiger partial charge in [0.1, 0.15) is 4.60 Å². The van der Waals surface area contributed by atoms with Gasteiger partial charge in [0, 0.05) is 6.26 Å². The van der Waals surface area contributed by atoms with E-state index in [1.165, 1.54) is 6.20 Å². The third-order valence-electron chi connectivity index (χ3n) is 1.09. The van der Waals surface area contributed by atoms with E-state index in [0.717, 1.165) is 6.26 Å². The summed E-state index contributed by atoms with van der Waals surface area (Å²) in [6.07, 6.45) is 2.36. The summed E-state index contributed by atoms with van der Waals surface area (Å²) in [6.45, 7) is 0. The molecule has 1 aromatic heterocycles. The van der Waals surface area contributed by atoms with Crippen LogP contribution in [0.5, 0.6) is 0 Å². The highest BCUT2D eigenvalue weighted by Crippen LogP contribution is 2.15. The number of anilines is 1. The maximum atomic E-state index is 11.0. The van der Waals surface area contributed by atoms with Gasteiger partial charge in [-0.15, -0.1) is 0 Å². The molecule has 0 radical (unpaired) electrons. The molecule has 5 nitrogen and oxygen atoms in total. The molecule has 1 aromatic rings. The third kappa shape index (κ3) is 1.92. The van der Waals surface area contributed by atoms with Crippen molar-refractivity contribution in [2.75, 3.05) is 12.0 Å². The van der Waals surface area contributed by atoms with Crippen molar-refractivity contribution in [1.29, 1.82) is 0 Å². The first-order chi connectivity index (χ1) is 5.41. The molecule has 0 saturated carbocycles. The lowest BCUT2D eigenvalue weighted by molar-refractivity contribution is 0.598. The summed E-state index contributed by atoms with van der Waals surface area (Å²) < 4.78 is 22.3. The molecule has 0 spiro atoms. The molecule has 0 aliphatic carbocycles. The normalized spacial score (nSPS) is 11.5. The maximum Gasteiger partial charge on any atom is 0.198 e. The number of nitrogens with zero attached hydrogens (tertiary/aromatic N) is 2. The Morgan fingerprint density at radius 3 is 2.58 bits per heavy atom. The van der Waals surface area contributed by atoms with Crippen molar-refractivity contribution in [3.8, 4) is 0 Å². The molecule has 7 heteroatoms. The van der Waals surface area contributed by atoms with Gasteiger partial charge in [0.15, 0.2) is 20.7 Å². The van der Waals surface area contributed by atoms with Gasteiger partial charge >= 0.3 is 0 Å². The molecule has 0 unspecified atom stereocenters. The molecule has 0 bridgehead atoms. The van der Waals surface area contributed by atoms with Crippen molar-refractivity contribution >= 4 is 31.6 Å². The summed E-state index contributed by atoms with van der Waals surface area (Å²) in [5.74, 6) is -0.0827. The van der Waals surface area contributed by atoms with Crippen LogP contribution in [0.15, 0.2) is 15.8 Å². The fourth-order valence-corrected chi connectivity index (χ4v) is 1.73. The summed E-state index contributed by atoms with van der Waals surface area (Å²) in [6, 6.07) is 0. The van der Waals surface area contributed by atoms with Crippen LogP contribution in [0.4, 0.5) is 5.82 Å². The second kappa shape index (κ2) is 2.98. The largest absolute Gasteiger partial charge is 0.381 e. The number of aromatic nitrogens is 2. The first kappa shape index (κ1) is 9.40. The molecule has 12 heavy (non-hydrogen) atoms. The number of rotatable bonds is 1. The van der Waals surface area contributed by atoms with Crippen molar-refractivity contribution in [2.24, 2.45) is 0 Å². The topological polar surface area (TPSA) is 85.9 Å². The van der Waals surface area contributed by atoms with E-state index in [4.69, 9.17) is 5.73 Å². The maximum absolute atomic E-state index is 11.0. The number of hydrogen-bond acceptors (Lipinski definition) is 5. The Kier molecular flexibility index (Phi) is 2.34. The SMILES string of the molecule is CS(=O)(=O)c1nc(Br)cnc1N. The Morgan fingerprint density at radius 1 is 1.58 bits per heavy atom. The van der Waals surface area contributed by atoms with Crippen molar-refractivity contribution in [1.82, 2.24) is 9.97 Å². The van der Waals surface area contributed by atoms with Crippen molar-refractivity contribution in [3.63, 3.8) is 0 Å². The first-order valence-corrected chi connectivity index (χ1v) is 5.58. The van der Waals surface area contributed by atoms with E-state index in [-0.39, 0.29) is 10.8 Å². The molecule has 0 aliphatic rings. The number of hydrogen-bond donors (Lipinski definition) is 1. The molecule has 1 rings (SSSR count). The van der Waals surface area contributed by atoms with Crippen molar-refractivity contribution in [3.05, 3.63) is 10.8 Å². The van der Waals surface area contributed by atoms with E-state index >= 15 is 0 Å². The molecule has 2 N–H and O–H groups in total. The predicted octanol–water partition coefficient (Wildman–Crippen LogP) is 0.225. The zero-order valence-corrected chi connectivity index (χ0v) is 8.55. The van der Waals surface area contributed by atoms with E-state index in [1.807, 2.05) is 0 Å². The Morgan fingerprint density at radius 2 is 2.17 bits per heavy atom. The number of halogens is 1. The van der Waals surface area contributed by atoms with Gasteiger partial charge in [-0.2, -0.15) is 0 Å². The van der Waals surface area contributed by atoms with Crippen LogP contribution in [0, 0.1) is 0 Å². The van der Waals surface area contributed by atoms with Gasteiger partial charge in [0.2, 0.25) is 0 Å². The highest BCUT2D eigenvalue weighted by atomic mass is 79.9. The summed E-state index contributed by atoms with van der Waals surface area (Å²) in [4.78, 5) is 7.32. The molecular weight excluding hydrogens is 246 g/mol. The smallest absolute Gasteiger partial charge is 0.198 e. The van der Waals surface area contributed by atoms with Crippen LogP contribution in [-0.2, 0) is 9.84 Å². The molecule has 0 aliphatic heterocycles. The van der Waals surface area contributed by atoms with Crippen LogP contribution >= 0.6 is 15.9 Å². The lowest BCUT2D eigenvalue weighted by Crippen LogP contribution is -2.07. The monoisotopic (exact) mass is 251 g/mol. The minimum absolute atomic E-state index is 0.0827. The zero-order chi connectivity index (χ0) is 9.35. The van der Waals surface area contributed by atoms with Crippen LogP contribution < -0.4 is 5.73 Å². The van der Waals surface area contributed by atoms with Crippen LogP contribution in [0.2, 0.25) is 0 Å². The van der Waals surface area contributed by atoms with E-state index in [9.17, 15) is 8.42 Å². The molecule has 0 saturated heterocycles. The molecule has 66 valence electrons. The summed E-state index contributed by atoms with van der Waals surface area (Å²) in [7, 11) is -3.38. The Bertz CT molecular complexity index is 403. The van der Waals surface area contributed by atoms with Gasteiger partial charge in [-0.05, 0) is 15.9 Å². The van der Waals surface area contributed by atoms with Gasteiger partial charge in [0.05, 0.1) is 6.20 Å². The molecule has 0 aromatic carbocycles. The van der Waals surface area contributed by atoms with E-state index in [1.54, 1.807) is 0 Å². The van der Waals surface area contributed by atoms with Gasteiger partial charge < -0.3 is 5.73 Å². The van der Waals surface area contributed by atoms with E-state index < -0.39 is 9.84 Å². The van der Waals surface area contributed by atoms with Gasteiger partial charge in [-0.3, -0.25) is 0 Å². The number of nitrogen functional groups attached to an aromatic ring is 1. The second-order valence-electron chi connectivity index (χ2n) is 2.16. The average molecular weight is 252 g/mol. The lowest BCUT2D eigenvalue weighted by Gasteiger charge is -2.00. The summed E-state index contributed by atoms with van der Waals surface area (Å²) in [5, 5.41) is -0.197. The molecule has 0 fully saturated rings. The van der Waals surface area contributed by atoms with Gasteiger partial charge in [-0.25, -0.2) is 18.4 Å². The van der Waals surface area contributed by atoms with Crippen LogP contribution in [0.25, 0.3) is 0 Å². The van der Waals surface area contributed by atoms with Gasteiger partial charge in [0.25, 0.3) is 0 Å². The Labute approximate surface area is 78.1 Å². The Hall–Kier alpha value is -0.690. The average Bonchev–Trinajstić information content (AvgIpc) is 1.92.